The highest BCUT2D eigenvalue weighted by molar-refractivity contribution is 6.13. The average Bonchev–Trinajstić information content (AvgIpc) is 3.54. The van der Waals surface area contributed by atoms with E-state index in [1.54, 1.807) is 50.6 Å². The van der Waals surface area contributed by atoms with Crippen LogP contribution in [0.5, 0.6) is 11.5 Å². The number of nitrogens with one attached hydrogen (secondary N) is 2. The Bertz CT molecular complexity index is 950. The lowest BCUT2D eigenvalue weighted by Crippen LogP contribution is -2.39. The first-order valence-corrected chi connectivity index (χ1v) is 9.31. The molecule has 2 aromatic carbocycles. The summed E-state index contributed by atoms with van der Waals surface area (Å²) in [6.45, 7) is 1.74. The summed E-state index contributed by atoms with van der Waals surface area (Å²) < 4.78 is 10.5. The summed E-state index contributed by atoms with van der Waals surface area (Å²) in [5.74, 6) is 0.419. The minimum atomic E-state index is -1.07. The Hall–Kier alpha value is -3.35. The molecule has 0 spiro atoms. The van der Waals surface area contributed by atoms with E-state index in [1.807, 2.05) is 6.07 Å². The van der Waals surface area contributed by atoms with E-state index in [0.29, 0.717) is 35.6 Å². The number of carbonyl (C=O) groups is 3. The smallest absolute Gasteiger partial charge is 0.240 e. The van der Waals surface area contributed by atoms with Crippen LogP contribution in [-0.2, 0) is 16.1 Å². The molecule has 2 aromatic rings. The number of anilines is 1. The molecule has 1 saturated carbocycles. The van der Waals surface area contributed by atoms with Gasteiger partial charge < -0.3 is 20.1 Å². The molecule has 0 unspecified atom stereocenters. The van der Waals surface area contributed by atoms with Crippen LogP contribution in [0, 0.1) is 5.41 Å². The van der Waals surface area contributed by atoms with Crippen LogP contribution in [0.4, 0.5) is 5.69 Å². The van der Waals surface area contributed by atoms with Crippen molar-refractivity contribution in [1.82, 2.24) is 5.32 Å². The molecular formula is C22H24N2O5. The zero-order valence-corrected chi connectivity index (χ0v) is 16.7. The van der Waals surface area contributed by atoms with Gasteiger partial charge in [-0.3, -0.25) is 14.4 Å². The number of Topliss-reactive ketones (excluding diaryl/α,β-unsaturated/α-hetero) is 1. The molecule has 2 N–H and O–H groups in total. The maximum Gasteiger partial charge on any atom is 0.240 e. The number of carbonyl (C=O) groups excluding carboxylic acids is 3. The Morgan fingerprint density at radius 3 is 2.31 bits per heavy atom. The van der Waals surface area contributed by atoms with Gasteiger partial charge in [-0.15, -0.1) is 0 Å². The van der Waals surface area contributed by atoms with Crippen LogP contribution in [0.15, 0.2) is 42.5 Å². The number of amides is 2. The molecule has 0 saturated heterocycles. The van der Waals surface area contributed by atoms with Crippen molar-refractivity contribution in [2.75, 3.05) is 19.5 Å². The molecule has 0 heterocycles. The quantitative estimate of drug-likeness (QED) is 0.529. The fourth-order valence-electron chi connectivity index (χ4n) is 3.09. The van der Waals surface area contributed by atoms with Crippen LogP contribution >= 0.6 is 0 Å². The van der Waals surface area contributed by atoms with E-state index >= 15 is 0 Å². The number of ketones is 1. The first kappa shape index (κ1) is 20.4. The van der Waals surface area contributed by atoms with Gasteiger partial charge in [0.25, 0.3) is 0 Å². The van der Waals surface area contributed by atoms with Crippen molar-refractivity contribution in [2.45, 2.75) is 26.3 Å². The Morgan fingerprint density at radius 2 is 1.69 bits per heavy atom. The van der Waals surface area contributed by atoms with Crippen molar-refractivity contribution >= 4 is 23.3 Å². The molecule has 0 radical (unpaired) electrons. The Labute approximate surface area is 169 Å². The van der Waals surface area contributed by atoms with Gasteiger partial charge >= 0.3 is 0 Å². The van der Waals surface area contributed by atoms with Gasteiger partial charge in [0, 0.05) is 17.8 Å². The molecule has 0 atom stereocenters. The molecule has 3 rings (SSSR count). The minimum Gasteiger partial charge on any atom is -0.493 e. The molecule has 0 aromatic heterocycles. The third-order valence-electron chi connectivity index (χ3n) is 5.05. The number of rotatable bonds is 8. The van der Waals surface area contributed by atoms with Crippen molar-refractivity contribution in [3.8, 4) is 11.5 Å². The molecule has 0 bridgehead atoms. The standard InChI is InChI=1S/C22H24N2O5/c1-14(25)16-5-4-6-17(12-16)24-21(27)22(9-10-22)20(26)23-13-15-7-8-18(28-2)19(11-15)29-3/h4-8,11-12H,9-10,13H2,1-3H3,(H,23,26)(H,24,27). The summed E-state index contributed by atoms with van der Waals surface area (Å²) in [7, 11) is 3.10. The zero-order chi connectivity index (χ0) is 21.0. The Morgan fingerprint density at radius 1 is 0.966 bits per heavy atom. The van der Waals surface area contributed by atoms with E-state index in [0.717, 1.165) is 5.56 Å². The van der Waals surface area contributed by atoms with Gasteiger partial charge in [-0.1, -0.05) is 18.2 Å². The number of hydrogen-bond acceptors (Lipinski definition) is 5. The lowest BCUT2D eigenvalue weighted by molar-refractivity contribution is -0.134. The topological polar surface area (TPSA) is 93.7 Å². The summed E-state index contributed by atoms with van der Waals surface area (Å²) in [6.07, 6.45) is 0.978. The van der Waals surface area contributed by atoms with Crippen LogP contribution in [0.25, 0.3) is 0 Å². The Kier molecular flexibility index (Phi) is 5.87. The van der Waals surface area contributed by atoms with Crippen LogP contribution in [0.3, 0.4) is 0 Å². The highest BCUT2D eigenvalue weighted by atomic mass is 16.5. The summed E-state index contributed by atoms with van der Waals surface area (Å²) >= 11 is 0. The van der Waals surface area contributed by atoms with E-state index in [2.05, 4.69) is 10.6 Å². The monoisotopic (exact) mass is 396 g/mol. The summed E-state index contributed by atoms with van der Waals surface area (Å²) in [6, 6.07) is 12.1. The second-order valence-electron chi connectivity index (χ2n) is 7.05. The highest BCUT2D eigenvalue weighted by Gasteiger charge is 2.56. The first-order chi connectivity index (χ1) is 13.9. The van der Waals surface area contributed by atoms with Gasteiger partial charge in [-0.25, -0.2) is 0 Å². The summed E-state index contributed by atoms with van der Waals surface area (Å²) in [4.78, 5) is 36.9. The lowest BCUT2D eigenvalue weighted by atomic mass is 10.0. The van der Waals surface area contributed by atoms with E-state index in [-0.39, 0.29) is 24.1 Å². The lowest BCUT2D eigenvalue weighted by Gasteiger charge is -2.16. The maximum absolute atomic E-state index is 12.7. The Balaban J connectivity index is 1.64. The largest absolute Gasteiger partial charge is 0.493 e. The maximum atomic E-state index is 12.7. The molecule has 0 aliphatic heterocycles. The second-order valence-corrected chi connectivity index (χ2v) is 7.05. The average molecular weight is 396 g/mol. The molecule has 2 amide bonds. The SMILES string of the molecule is COc1ccc(CNC(=O)C2(C(=O)Nc3cccc(C(C)=O)c3)CC2)cc1OC. The van der Waals surface area contributed by atoms with E-state index in [1.165, 1.54) is 6.92 Å². The molecule has 1 fully saturated rings. The normalized spacial score (nSPS) is 13.9. The second kappa shape index (κ2) is 8.34. The highest BCUT2D eigenvalue weighted by Crippen LogP contribution is 2.47. The van der Waals surface area contributed by atoms with Gasteiger partial charge in [0.1, 0.15) is 5.41 Å². The zero-order valence-electron chi connectivity index (χ0n) is 16.7. The number of hydrogen-bond donors (Lipinski definition) is 2. The molecular weight excluding hydrogens is 372 g/mol. The van der Waals surface area contributed by atoms with Crippen molar-refractivity contribution in [3.63, 3.8) is 0 Å². The van der Waals surface area contributed by atoms with Crippen LogP contribution in [-0.4, -0.2) is 31.8 Å². The van der Waals surface area contributed by atoms with Gasteiger partial charge in [0.05, 0.1) is 14.2 Å². The van der Waals surface area contributed by atoms with E-state index < -0.39 is 5.41 Å². The van der Waals surface area contributed by atoms with Gasteiger partial charge in [-0.2, -0.15) is 0 Å². The van der Waals surface area contributed by atoms with Crippen LogP contribution < -0.4 is 20.1 Å². The predicted octanol–water partition coefficient (Wildman–Crippen LogP) is 2.94. The summed E-state index contributed by atoms with van der Waals surface area (Å²) in [5.41, 5.74) is 0.775. The summed E-state index contributed by atoms with van der Waals surface area (Å²) in [5, 5.41) is 5.60. The van der Waals surface area contributed by atoms with Crippen molar-refractivity contribution in [1.29, 1.82) is 0 Å². The number of benzene rings is 2. The van der Waals surface area contributed by atoms with Gasteiger partial charge in [-0.05, 0) is 49.6 Å². The third kappa shape index (κ3) is 4.39. The van der Waals surface area contributed by atoms with Crippen LogP contribution in [0.2, 0.25) is 0 Å². The third-order valence-corrected chi connectivity index (χ3v) is 5.05. The van der Waals surface area contributed by atoms with Crippen molar-refractivity contribution in [2.24, 2.45) is 5.41 Å². The molecule has 7 heteroatoms. The van der Waals surface area contributed by atoms with Crippen molar-refractivity contribution in [3.05, 3.63) is 53.6 Å². The van der Waals surface area contributed by atoms with Gasteiger partial charge in [0.2, 0.25) is 11.8 Å². The van der Waals surface area contributed by atoms with E-state index in [9.17, 15) is 14.4 Å². The molecule has 7 nitrogen and oxygen atoms in total. The minimum absolute atomic E-state index is 0.0881. The molecule has 1 aliphatic carbocycles. The first-order valence-electron chi connectivity index (χ1n) is 9.31. The van der Waals surface area contributed by atoms with Crippen LogP contribution in [0.1, 0.15) is 35.7 Å². The fraction of sp³-hybridized carbons (Fsp3) is 0.318. The molecule has 152 valence electrons. The van der Waals surface area contributed by atoms with Crippen molar-refractivity contribution < 1.29 is 23.9 Å². The fourth-order valence-corrected chi connectivity index (χ4v) is 3.09. The van der Waals surface area contributed by atoms with Gasteiger partial charge in [0.15, 0.2) is 17.3 Å². The predicted molar refractivity (Wildman–Crippen MR) is 108 cm³/mol. The number of methoxy groups -OCH3 is 2. The molecule has 29 heavy (non-hydrogen) atoms. The number of ether oxygens (including phenoxy) is 2. The molecule has 1 aliphatic rings. The van der Waals surface area contributed by atoms with E-state index in [4.69, 9.17) is 9.47 Å².